The normalized spacial score (nSPS) is 26.3. The number of benzene rings is 1. The van der Waals surface area contributed by atoms with E-state index in [1.807, 2.05) is 20.8 Å². The molecule has 0 spiro atoms. The Morgan fingerprint density at radius 3 is 2.47 bits per heavy atom. The highest BCUT2D eigenvalue weighted by molar-refractivity contribution is 5.77. The molecule has 0 unspecified atom stereocenters. The maximum atomic E-state index is 13.9. The predicted molar refractivity (Wildman–Crippen MR) is 142 cm³/mol. The second kappa shape index (κ2) is 12.3. The lowest BCUT2D eigenvalue weighted by Gasteiger charge is -2.44. The number of amides is 1. The van der Waals surface area contributed by atoms with Crippen molar-refractivity contribution in [3.05, 3.63) is 53.3 Å². The first-order chi connectivity index (χ1) is 20.3. The predicted octanol–water partition coefficient (Wildman–Crippen LogP) is 1.53. The Kier molecular flexibility index (Phi) is 8.90. The number of β-amino-alcohol motifs (C(OH)–C–C–N with tert-alkyl or cyclic N) is 1. The van der Waals surface area contributed by atoms with Crippen molar-refractivity contribution in [1.82, 2.24) is 25.1 Å². The van der Waals surface area contributed by atoms with Gasteiger partial charge in [0.2, 0.25) is 5.91 Å². The van der Waals surface area contributed by atoms with Gasteiger partial charge < -0.3 is 34.2 Å². The van der Waals surface area contributed by atoms with Gasteiger partial charge in [-0.25, -0.2) is 17.9 Å². The van der Waals surface area contributed by atoms with Crippen LogP contribution in [0.25, 0.3) is 11.3 Å². The molecule has 6 atom stereocenters. The van der Waals surface area contributed by atoms with Gasteiger partial charge in [-0.1, -0.05) is 31.1 Å². The second-order valence-electron chi connectivity index (χ2n) is 11.9. The summed E-state index contributed by atoms with van der Waals surface area (Å²) < 4.78 is 60.3. The van der Waals surface area contributed by atoms with Crippen LogP contribution in [0.3, 0.4) is 0 Å². The molecule has 2 aliphatic rings. The number of halogens is 3. The van der Waals surface area contributed by atoms with Gasteiger partial charge in [-0.05, 0) is 18.6 Å². The number of likely N-dealkylation sites (tertiary alicyclic amines) is 1. The molecule has 234 valence electrons. The van der Waals surface area contributed by atoms with E-state index in [0.717, 1.165) is 12.1 Å². The van der Waals surface area contributed by atoms with Crippen molar-refractivity contribution in [1.29, 1.82) is 0 Å². The first-order valence-corrected chi connectivity index (χ1v) is 13.9. The molecule has 3 aromatic rings. The summed E-state index contributed by atoms with van der Waals surface area (Å²) in [5.41, 5.74) is 0.0445. The van der Waals surface area contributed by atoms with Crippen molar-refractivity contribution in [3.8, 4) is 11.3 Å². The van der Waals surface area contributed by atoms with E-state index in [0.29, 0.717) is 24.4 Å². The fourth-order valence-corrected chi connectivity index (χ4v) is 5.30. The highest BCUT2D eigenvalue weighted by atomic mass is 19.2. The van der Waals surface area contributed by atoms with Gasteiger partial charge in [-0.3, -0.25) is 4.79 Å². The summed E-state index contributed by atoms with van der Waals surface area (Å²) in [7, 11) is 0. The Hall–Kier alpha value is -3.37. The van der Waals surface area contributed by atoms with Crippen LogP contribution in [0.15, 0.2) is 28.9 Å². The molecule has 0 radical (unpaired) electrons. The first kappa shape index (κ1) is 31.1. The van der Waals surface area contributed by atoms with E-state index in [2.05, 4.69) is 15.5 Å². The summed E-state index contributed by atoms with van der Waals surface area (Å²) in [6.07, 6.45) is -3.27. The molecule has 15 heteroatoms. The van der Waals surface area contributed by atoms with Crippen molar-refractivity contribution < 1.29 is 47.3 Å². The maximum absolute atomic E-state index is 13.9. The van der Waals surface area contributed by atoms with E-state index in [9.17, 15) is 33.3 Å². The number of ether oxygens (including phenoxy) is 2. The van der Waals surface area contributed by atoms with Gasteiger partial charge >= 0.3 is 0 Å². The van der Waals surface area contributed by atoms with Gasteiger partial charge in [0.1, 0.15) is 42.4 Å². The zero-order valence-electron chi connectivity index (χ0n) is 23.9. The molecular weight excluding hydrogens is 575 g/mol. The van der Waals surface area contributed by atoms with E-state index < -0.39 is 67.2 Å². The second-order valence-corrected chi connectivity index (χ2v) is 11.9. The quantitative estimate of drug-likeness (QED) is 0.320. The number of aliphatic hydroxyl groups excluding tert-OH is 3. The highest BCUT2D eigenvalue weighted by Gasteiger charge is 2.48. The first-order valence-electron chi connectivity index (χ1n) is 13.9. The van der Waals surface area contributed by atoms with Crippen LogP contribution in [-0.4, -0.2) is 103 Å². The molecule has 0 saturated carbocycles. The smallest absolute Gasteiger partial charge is 0.248 e. The third-order valence-corrected chi connectivity index (χ3v) is 7.68. The Labute approximate surface area is 245 Å². The number of carbonyl (C=O) groups is 1. The Bertz CT molecular complexity index is 1420. The average molecular weight is 610 g/mol. The van der Waals surface area contributed by atoms with E-state index in [1.54, 1.807) is 6.07 Å². The molecule has 2 aliphatic heterocycles. The number of aromatic nitrogens is 4. The van der Waals surface area contributed by atoms with Crippen molar-refractivity contribution >= 4 is 5.91 Å². The van der Waals surface area contributed by atoms with Gasteiger partial charge in [0.25, 0.3) is 0 Å². The van der Waals surface area contributed by atoms with Crippen LogP contribution in [0, 0.1) is 17.5 Å². The third-order valence-electron chi connectivity index (χ3n) is 7.68. The van der Waals surface area contributed by atoms with E-state index in [4.69, 9.17) is 14.0 Å². The van der Waals surface area contributed by atoms with Gasteiger partial charge in [0.15, 0.2) is 17.5 Å². The Morgan fingerprint density at radius 2 is 1.86 bits per heavy atom. The number of hydrogen-bond acceptors (Lipinski definition) is 10. The standard InChI is InChI=1S/C28H34F3N5O7/c1-28(2,3)22-9-15(33-43-22)8-20-27(41-13-23(39)35-5-4-16(38)10-35)25(26(40)21(12-37)42-20)36-11-19(32-34-36)14-6-17(29)24(31)18(30)7-14/h6-7,9,11,16,20-21,25-27,37-38,40H,4-5,8,10,12-13H2,1-3H3/t16-,20+,21+,25-,26-,27-/m0/s1. The summed E-state index contributed by atoms with van der Waals surface area (Å²) in [5, 5.41) is 43.3. The Morgan fingerprint density at radius 1 is 1.14 bits per heavy atom. The van der Waals surface area contributed by atoms with Crippen LogP contribution < -0.4 is 0 Å². The molecule has 0 aliphatic carbocycles. The van der Waals surface area contributed by atoms with E-state index >= 15 is 0 Å². The summed E-state index contributed by atoms with van der Waals surface area (Å²) in [6, 6.07) is 2.19. The monoisotopic (exact) mass is 609 g/mol. The minimum absolute atomic E-state index is 0.0270. The van der Waals surface area contributed by atoms with E-state index in [1.165, 1.54) is 15.8 Å². The summed E-state index contributed by atoms with van der Waals surface area (Å²) in [5.74, 6) is -4.22. The fourth-order valence-electron chi connectivity index (χ4n) is 5.30. The molecule has 43 heavy (non-hydrogen) atoms. The number of nitrogens with zero attached hydrogens (tertiary/aromatic N) is 5. The molecule has 2 fully saturated rings. The van der Waals surface area contributed by atoms with Gasteiger partial charge in [-0.15, -0.1) is 5.10 Å². The van der Waals surface area contributed by atoms with Crippen LogP contribution in [0.5, 0.6) is 0 Å². The lowest BCUT2D eigenvalue weighted by Crippen LogP contribution is -2.58. The molecule has 5 rings (SSSR count). The van der Waals surface area contributed by atoms with Crippen LogP contribution >= 0.6 is 0 Å². The summed E-state index contributed by atoms with van der Waals surface area (Å²) >= 11 is 0. The van der Waals surface area contributed by atoms with Crippen LogP contribution in [0.2, 0.25) is 0 Å². The zero-order chi connectivity index (χ0) is 31.1. The number of hydrogen-bond donors (Lipinski definition) is 3. The molecule has 4 heterocycles. The number of rotatable bonds is 8. The summed E-state index contributed by atoms with van der Waals surface area (Å²) in [4.78, 5) is 14.4. The van der Waals surface area contributed by atoms with Crippen molar-refractivity contribution in [2.24, 2.45) is 0 Å². The van der Waals surface area contributed by atoms with Crippen molar-refractivity contribution in [3.63, 3.8) is 0 Å². The van der Waals surface area contributed by atoms with Gasteiger partial charge in [-0.2, -0.15) is 0 Å². The van der Waals surface area contributed by atoms with E-state index in [-0.39, 0.29) is 35.5 Å². The van der Waals surface area contributed by atoms with Gasteiger partial charge in [0, 0.05) is 36.6 Å². The lowest BCUT2D eigenvalue weighted by atomic mass is 9.89. The number of aliphatic hydroxyl groups is 3. The minimum atomic E-state index is -1.63. The lowest BCUT2D eigenvalue weighted by molar-refractivity contribution is -0.219. The van der Waals surface area contributed by atoms with Crippen LogP contribution in [0.4, 0.5) is 13.2 Å². The molecule has 3 N–H and O–H groups in total. The SMILES string of the molecule is CC(C)(C)c1cc(C[C@H]2O[C@H](CO)[C@H](O)[C@H](n3cc(-c4cc(F)c(F)c(F)c4)nn3)[C@H]2OCC(=O)N2CC[C@H](O)C2)no1. The molecule has 1 aromatic carbocycles. The summed E-state index contributed by atoms with van der Waals surface area (Å²) in [6.45, 7) is 5.39. The molecule has 2 saturated heterocycles. The molecular formula is C28H34F3N5O7. The topological polar surface area (TPSA) is 156 Å². The molecule has 2 aromatic heterocycles. The van der Waals surface area contributed by atoms with Crippen LogP contribution in [0.1, 0.15) is 44.7 Å². The molecule has 12 nitrogen and oxygen atoms in total. The largest absolute Gasteiger partial charge is 0.394 e. The minimum Gasteiger partial charge on any atom is -0.394 e. The van der Waals surface area contributed by atoms with Crippen molar-refractivity contribution in [2.75, 3.05) is 26.3 Å². The molecule has 1 amide bonds. The number of carbonyl (C=O) groups excluding carboxylic acids is 1. The average Bonchev–Trinajstić information content (AvgIpc) is 3.72. The van der Waals surface area contributed by atoms with Gasteiger partial charge in [0.05, 0.1) is 30.7 Å². The van der Waals surface area contributed by atoms with Crippen molar-refractivity contribution in [2.45, 2.75) is 75.6 Å². The maximum Gasteiger partial charge on any atom is 0.248 e. The fraction of sp³-hybridized carbons (Fsp3) is 0.571. The zero-order valence-corrected chi connectivity index (χ0v) is 23.9. The Balaban J connectivity index is 1.47. The molecule has 0 bridgehead atoms. The van der Waals surface area contributed by atoms with Crippen LogP contribution in [-0.2, 0) is 26.1 Å². The third kappa shape index (κ3) is 6.60. The highest BCUT2D eigenvalue weighted by Crippen LogP contribution is 2.35.